The van der Waals surface area contributed by atoms with E-state index in [1.807, 2.05) is 0 Å². The van der Waals surface area contributed by atoms with E-state index in [4.69, 9.17) is 5.11 Å². The van der Waals surface area contributed by atoms with Gasteiger partial charge < -0.3 is 10.4 Å². The zero-order chi connectivity index (χ0) is 8.55. The fraction of sp³-hybridized carbons (Fsp3) is 0.875. The molecular formula is C8H15ClN2O2. The highest BCUT2D eigenvalue weighted by atomic mass is 35.5. The summed E-state index contributed by atoms with van der Waals surface area (Å²) in [6.45, 7) is 2.90. The third kappa shape index (κ3) is 1.95. The van der Waals surface area contributed by atoms with Crippen LogP contribution in [0.15, 0.2) is 0 Å². The van der Waals surface area contributed by atoms with Crippen molar-refractivity contribution in [2.24, 2.45) is 0 Å². The SMILES string of the molecule is Cl.O=C(O)[C@H]1NCCN2CCC[C@@H]12. The topological polar surface area (TPSA) is 52.6 Å². The number of fused-ring (bicyclic) bond motifs is 1. The van der Waals surface area contributed by atoms with Crippen LogP contribution in [-0.4, -0.2) is 47.7 Å². The van der Waals surface area contributed by atoms with Crippen LogP contribution in [0.5, 0.6) is 0 Å². The van der Waals surface area contributed by atoms with Gasteiger partial charge in [0.25, 0.3) is 0 Å². The van der Waals surface area contributed by atoms with Crippen LogP contribution >= 0.6 is 12.4 Å². The van der Waals surface area contributed by atoms with Crippen molar-refractivity contribution in [3.8, 4) is 0 Å². The summed E-state index contributed by atoms with van der Waals surface area (Å²) >= 11 is 0. The quantitative estimate of drug-likeness (QED) is 0.631. The van der Waals surface area contributed by atoms with Crippen molar-refractivity contribution in [3.63, 3.8) is 0 Å². The Labute approximate surface area is 83.7 Å². The average Bonchev–Trinajstić information content (AvgIpc) is 2.49. The molecule has 2 aliphatic rings. The molecule has 0 aromatic rings. The van der Waals surface area contributed by atoms with Gasteiger partial charge in [0.1, 0.15) is 6.04 Å². The van der Waals surface area contributed by atoms with Crippen molar-refractivity contribution in [3.05, 3.63) is 0 Å². The molecule has 2 atom stereocenters. The molecule has 5 heteroatoms. The predicted molar refractivity (Wildman–Crippen MR) is 51.3 cm³/mol. The molecule has 0 amide bonds. The molecule has 0 saturated carbocycles. The molecule has 0 radical (unpaired) electrons. The third-order valence-electron chi connectivity index (χ3n) is 2.83. The number of carbonyl (C=O) groups is 1. The van der Waals surface area contributed by atoms with Crippen molar-refractivity contribution >= 4 is 18.4 Å². The van der Waals surface area contributed by atoms with E-state index in [1.54, 1.807) is 0 Å². The summed E-state index contributed by atoms with van der Waals surface area (Å²) in [6, 6.07) is -0.0856. The molecule has 0 unspecified atom stereocenters. The van der Waals surface area contributed by atoms with Crippen LogP contribution in [0, 0.1) is 0 Å². The molecule has 0 aromatic heterocycles. The number of hydrogen-bond donors (Lipinski definition) is 2. The Hall–Kier alpha value is -0.320. The maximum absolute atomic E-state index is 10.8. The Bertz CT molecular complexity index is 201. The van der Waals surface area contributed by atoms with Gasteiger partial charge in [-0.1, -0.05) is 0 Å². The number of hydrogen-bond acceptors (Lipinski definition) is 3. The highest BCUT2D eigenvalue weighted by molar-refractivity contribution is 5.85. The van der Waals surface area contributed by atoms with Crippen LogP contribution in [0.3, 0.4) is 0 Å². The van der Waals surface area contributed by atoms with Gasteiger partial charge in [-0.3, -0.25) is 9.69 Å². The fourth-order valence-electron chi connectivity index (χ4n) is 2.26. The lowest BCUT2D eigenvalue weighted by atomic mass is 10.0. The van der Waals surface area contributed by atoms with Gasteiger partial charge in [0.2, 0.25) is 0 Å². The van der Waals surface area contributed by atoms with E-state index in [9.17, 15) is 4.79 Å². The van der Waals surface area contributed by atoms with Crippen molar-refractivity contribution in [1.29, 1.82) is 0 Å². The van der Waals surface area contributed by atoms with Gasteiger partial charge in [-0.25, -0.2) is 0 Å². The summed E-state index contributed by atoms with van der Waals surface area (Å²) in [5.74, 6) is -0.702. The molecule has 0 aliphatic carbocycles. The number of carboxylic acids is 1. The molecule has 0 aromatic carbocycles. The molecule has 76 valence electrons. The molecule has 13 heavy (non-hydrogen) atoms. The Morgan fingerprint density at radius 3 is 2.92 bits per heavy atom. The Balaban J connectivity index is 0.000000845. The molecule has 2 rings (SSSR count). The van der Waals surface area contributed by atoms with Crippen LogP contribution in [0.4, 0.5) is 0 Å². The van der Waals surface area contributed by atoms with Crippen molar-refractivity contribution in [2.45, 2.75) is 24.9 Å². The summed E-state index contributed by atoms with van der Waals surface area (Å²) < 4.78 is 0. The van der Waals surface area contributed by atoms with Crippen molar-refractivity contribution in [2.75, 3.05) is 19.6 Å². The largest absolute Gasteiger partial charge is 0.480 e. The van der Waals surface area contributed by atoms with E-state index >= 15 is 0 Å². The Kier molecular flexibility index (Phi) is 3.53. The minimum Gasteiger partial charge on any atom is -0.480 e. The number of rotatable bonds is 1. The smallest absolute Gasteiger partial charge is 0.322 e. The van der Waals surface area contributed by atoms with E-state index in [1.165, 1.54) is 0 Å². The predicted octanol–water partition coefficient (Wildman–Crippen LogP) is -0.0710. The van der Waals surface area contributed by atoms with E-state index in [0.29, 0.717) is 0 Å². The van der Waals surface area contributed by atoms with E-state index in [0.717, 1.165) is 32.5 Å². The number of piperazine rings is 1. The molecule has 2 fully saturated rings. The lowest BCUT2D eigenvalue weighted by molar-refractivity contribution is -0.142. The minimum atomic E-state index is -0.702. The third-order valence-corrected chi connectivity index (χ3v) is 2.83. The maximum atomic E-state index is 10.8. The van der Waals surface area contributed by atoms with Gasteiger partial charge in [-0.05, 0) is 19.4 Å². The molecule has 4 nitrogen and oxygen atoms in total. The Morgan fingerprint density at radius 2 is 2.23 bits per heavy atom. The van der Waals surface area contributed by atoms with Crippen molar-refractivity contribution in [1.82, 2.24) is 10.2 Å². The number of carboxylic acid groups (broad SMARTS) is 1. The van der Waals surface area contributed by atoms with Crippen LogP contribution in [0.25, 0.3) is 0 Å². The van der Waals surface area contributed by atoms with Crippen LogP contribution in [0.1, 0.15) is 12.8 Å². The second kappa shape index (κ2) is 4.26. The second-order valence-electron chi connectivity index (χ2n) is 3.52. The zero-order valence-corrected chi connectivity index (χ0v) is 8.22. The molecule has 2 heterocycles. The standard InChI is InChI=1S/C8H14N2O2.ClH/c11-8(12)7-6-2-1-4-10(6)5-3-9-7;/h6-7,9H,1-5H2,(H,11,12);1H/t6-,7-;/m0./s1. The monoisotopic (exact) mass is 206 g/mol. The van der Waals surface area contributed by atoms with Gasteiger partial charge >= 0.3 is 5.97 Å². The van der Waals surface area contributed by atoms with Gasteiger partial charge in [-0.15, -0.1) is 12.4 Å². The lowest BCUT2D eigenvalue weighted by Gasteiger charge is -2.34. The average molecular weight is 207 g/mol. The number of nitrogens with one attached hydrogen (secondary N) is 1. The molecule has 2 saturated heterocycles. The van der Waals surface area contributed by atoms with Gasteiger partial charge in [0.05, 0.1) is 0 Å². The normalized spacial score (nSPS) is 33.5. The summed E-state index contributed by atoms with van der Waals surface area (Å²) in [7, 11) is 0. The van der Waals surface area contributed by atoms with Crippen LogP contribution < -0.4 is 5.32 Å². The summed E-state index contributed by atoms with van der Waals surface area (Å²) in [6.07, 6.45) is 2.18. The van der Waals surface area contributed by atoms with Crippen molar-refractivity contribution < 1.29 is 9.90 Å². The molecule has 0 spiro atoms. The fourth-order valence-corrected chi connectivity index (χ4v) is 2.26. The van der Waals surface area contributed by atoms with Gasteiger partial charge in [0, 0.05) is 19.1 Å². The minimum absolute atomic E-state index is 0. The highest BCUT2D eigenvalue weighted by Gasteiger charge is 2.38. The first-order valence-corrected chi connectivity index (χ1v) is 4.49. The van der Waals surface area contributed by atoms with Gasteiger partial charge in [0.15, 0.2) is 0 Å². The number of halogens is 1. The summed E-state index contributed by atoms with van der Waals surface area (Å²) in [4.78, 5) is 13.1. The number of nitrogens with zero attached hydrogens (tertiary/aromatic N) is 1. The molecule has 0 bridgehead atoms. The van der Waals surface area contributed by atoms with Crippen LogP contribution in [-0.2, 0) is 4.79 Å². The zero-order valence-electron chi connectivity index (χ0n) is 7.40. The first-order chi connectivity index (χ1) is 5.79. The van der Waals surface area contributed by atoms with Crippen LogP contribution in [0.2, 0.25) is 0 Å². The second-order valence-corrected chi connectivity index (χ2v) is 3.52. The van der Waals surface area contributed by atoms with E-state index in [-0.39, 0.29) is 24.5 Å². The maximum Gasteiger partial charge on any atom is 0.322 e. The Morgan fingerprint density at radius 1 is 1.46 bits per heavy atom. The summed E-state index contributed by atoms with van der Waals surface area (Å²) in [5, 5.41) is 11.9. The summed E-state index contributed by atoms with van der Waals surface area (Å²) in [5.41, 5.74) is 0. The first kappa shape index (κ1) is 10.8. The van der Waals surface area contributed by atoms with E-state index in [2.05, 4.69) is 10.2 Å². The molecule has 2 N–H and O–H groups in total. The molecular weight excluding hydrogens is 192 g/mol. The first-order valence-electron chi connectivity index (χ1n) is 4.49. The molecule has 2 aliphatic heterocycles. The number of aliphatic carboxylic acids is 1. The highest BCUT2D eigenvalue weighted by Crippen LogP contribution is 2.22. The lowest BCUT2D eigenvalue weighted by Crippen LogP contribution is -2.58. The van der Waals surface area contributed by atoms with E-state index < -0.39 is 5.97 Å². The van der Waals surface area contributed by atoms with Gasteiger partial charge in [-0.2, -0.15) is 0 Å².